The first-order valence-electron chi connectivity index (χ1n) is 9.81. The van der Waals surface area contributed by atoms with E-state index in [9.17, 15) is 9.59 Å². The summed E-state index contributed by atoms with van der Waals surface area (Å²) >= 11 is 0. The number of likely N-dealkylation sites (tertiary alicyclic amines) is 1. The van der Waals surface area contributed by atoms with Crippen LogP contribution in [0.2, 0.25) is 0 Å². The molecule has 2 heterocycles. The summed E-state index contributed by atoms with van der Waals surface area (Å²) in [5.41, 5.74) is 1.10. The number of methoxy groups -OCH3 is 1. The molecule has 29 heavy (non-hydrogen) atoms. The number of carbonyl (C=O) groups is 1. The van der Waals surface area contributed by atoms with Crippen LogP contribution in [0.25, 0.3) is 11.0 Å². The van der Waals surface area contributed by atoms with Crippen LogP contribution in [0.4, 0.5) is 0 Å². The zero-order valence-electron chi connectivity index (χ0n) is 16.4. The van der Waals surface area contributed by atoms with Crippen LogP contribution in [-0.4, -0.2) is 37.0 Å². The molecule has 3 aromatic rings. The molecule has 0 bridgehead atoms. The second kappa shape index (κ2) is 8.49. The number of piperidine rings is 1. The lowest BCUT2D eigenvalue weighted by molar-refractivity contribution is 0.0897. The van der Waals surface area contributed by atoms with Gasteiger partial charge in [0.25, 0.3) is 5.91 Å². The molecule has 1 N–H and O–H groups in total. The summed E-state index contributed by atoms with van der Waals surface area (Å²) in [7, 11) is 1.66. The maximum atomic E-state index is 12.7. The van der Waals surface area contributed by atoms with Crippen molar-refractivity contribution in [1.29, 1.82) is 0 Å². The van der Waals surface area contributed by atoms with Gasteiger partial charge in [-0.15, -0.1) is 0 Å². The first-order chi connectivity index (χ1) is 14.1. The van der Waals surface area contributed by atoms with Gasteiger partial charge in [0.15, 0.2) is 0 Å². The van der Waals surface area contributed by atoms with Gasteiger partial charge in [-0.3, -0.25) is 9.69 Å². The maximum absolute atomic E-state index is 12.7. The van der Waals surface area contributed by atoms with E-state index >= 15 is 0 Å². The third kappa shape index (κ3) is 4.49. The Hall–Kier alpha value is -3.12. The molecule has 2 aromatic carbocycles. The van der Waals surface area contributed by atoms with Gasteiger partial charge in [-0.1, -0.05) is 30.3 Å². The average molecular weight is 392 g/mol. The number of benzene rings is 2. The molecule has 0 spiro atoms. The van der Waals surface area contributed by atoms with Gasteiger partial charge in [0.05, 0.1) is 7.11 Å². The highest BCUT2D eigenvalue weighted by Gasteiger charge is 2.23. The van der Waals surface area contributed by atoms with Crippen molar-refractivity contribution >= 4 is 16.9 Å². The van der Waals surface area contributed by atoms with Crippen molar-refractivity contribution in [3.8, 4) is 5.75 Å². The molecule has 6 heteroatoms. The Labute approximate surface area is 169 Å². The summed E-state index contributed by atoms with van der Waals surface area (Å²) in [5, 5.41) is 3.75. The standard InChI is InChI=1S/C23H24N2O4/c1-28-19-9-4-6-16(12-19)14-25-11-5-8-18(15-25)24-22(26)20-13-17-7-2-3-10-21(17)29-23(20)27/h2-4,6-7,9-10,12-13,18H,5,8,11,14-15H2,1H3,(H,24,26)/t18-/m1/s1. The van der Waals surface area contributed by atoms with Gasteiger partial charge in [-0.25, -0.2) is 4.79 Å². The topological polar surface area (TPSA) is 71.8 Å². The van der Waals surface area contributed by atoms with Crippen molar-refractivity contribution in [3.63, 3.8) is 0 Å². The lowest BCUT2D eigenvalue weighted by atomic mass is 10.0. The number of fused-ring (bicyclic) bond motifs is 1. The van der Waals surface area contributed by atoms with E-state index in [1.54, 1.807) is 25.3 Å². The van der Waals surface area contributed by atoms with Crippen molar-refractivity contribution in [1.82, 2.24) is 10.2 Å². The van der Waals surface area contributed by atoms with E-state index in [1.165, 1.54) is 5.56 Å². The third-order valence-electron chi connectivity index (χ3n) is 5.27. The number of hydrogen-bond donors (Lipinski definition) is 1. The minimum atomic E-state index is -0.606. The first kappa shape index (κ1) is 19.2. The summed E-state index contributed by atoms with van der Waals surface area (Å²) < 4.78 is 10.6. The van der Waals surface area contributed by atoms with E-state index in [0.717, 1.165) is 43.6 Å². The molecule has 1 aliphatic rings. The highest BCUT2D eigenvalue weighted by molar-refractivity contribution is 5.96. The predicted octanol–water partition coefficient (Wildman–Crippen LogP) is 3.20. The van der Waals surface area contributed by atoms with Crippen LogP contribution < -0.4 is 15.7 Å². The zero-order valence-corrected chi connectivity index (χ0v) is 16.4. The summed E-state index contributed by atoms with van der Waals surface area (Å²) in [4.78, 5) is 27.3. The Morgan fingerprint density at radius 2 is 2.07 bits per heavy atom. The molecule has 6 nitrogen and oxygen atoms in total. The highest BCUT2D eigenvalue weighted by atomic mass is 16.5. The molecule has 1 aromatic heterocycles. The molecular weight excluding hydrogens is 368 g/mol. The molecule has 150 valence electrons. The average Bonchev–Trinajstić information content (AvgIpc) is 2.73. The number of carbonyl (C=O) groups excluding carboxylic acids is 1. The van der Waals surface area contributed by atoms with E-state index in [-0.39, 0.29) is 17.5 Å². The van der Waals surface area contributed by atoms with Gasteiger partial charge in [-0.2, -0.15) is 0 Å². The van der Waals surface area contributed by atoms with Gasteiger partial charge >= 0.3 is 5.63 Å². The second-order valence-corrected chi connectivity index (χ2v) is 7.38. The maximum Gasteiger partial charge on any atom is 0.349 e. The molecule has 1 aliphatic heterocycles. The fourth-order valence-electron chi connectivity index (χ4n) is 3.83. The minimum absolute atomic E-state index is 0.00673. The Morgan fingerprint density at radius 1 is 1.21 bits per heavy atom. The third-order valence-corrected chi connectivity index (χ3v) is 5.27. The Kier molecular flexibility index (Phi) is 5.62. The summed E-state index contributed by atoms with van der Waals surface area (Å²) in [6.45, 7) is 2.51. The lowest BCUT2D eigenvalue weighted by Gasteiger charge is -2.33. The van der Waals surface area contributed by atoms with Crippen molar-refractivity contribution < 1.29 is 13.9 Å². The molecule has 0 aliphatic carbocycles. The van der Waals surface area contributed by atoms with Crippen LogP contribution in [0.1, 0.15) is 28.8 Å². The number of amides is 1. The number of hydrogen-bond acceptors (Lipinski definition) is 5. The Balaban J connectivity index is 1.43. The number of ether oxygens (including phenoxy) is 1. The van der Waals surface area contributed by atoms with Crippen molar-refractivity contribution in [2.24, 2.45) is 0 Å². The zero-order chi connectivity index (χ0) is 20.2. The van der Waals surface area contributed by atoms with Crippen LogP contribution in [0.15, 0.2) is 63.8 Å². The fraction of sp³-hybridized carbons (Fsp3) is 0.304. The van der Waals surface area contributed by atoms with Crippen molar-refractivity contribution in [3.05, 3.63) is 76.1 Å². The van der Waals surface area contributed by atoms with Crippen LogP contribution in [0, 0.1) is 0 Å². The molecule has 0 saturated carbocycles. The summed E-state index contributed by atoms with van der Waals surface area (Å²) in [5.74, 6) is 0.463. The molecule has 1 saturated heterocycles. The number of para-hydroxylation sites is 1. The lowest BCUT2D eigenvalue weighted by Crippen LogP contribution is -2.48. The van der Waals surface area contributed by atoms with Gasteiger partial charge in [0, 0.05) is 24.5 Å². The van der Waals surface area contributed by atoms with Crippen molar-refractivity contribution in [2.45, 2.75) is 25.4 Å². The molecule has 1 fully saturated rings. The van der Waals surface area contributed by atoms with Crippen LogP contribution in [0.5, 0.6) is 5.75 Å². The molecule has 1 amide bonds. The fourth-order valence-corrected chi connectivity index (χ4v) is 3.83. The molecule has 1 atom stereocenters. The number of nitrogens with zero attached hydrogens (tertiary/aromatic N) is 1. The monoisotopic (exact) mass is 392 g/mol. The normalized spacial score (nSPS) is 17.2. The first-order valence-corrected chi connectivity index (χ1v) is 9.81. The number of rotatable bonds is 5. The van der Waals surface area contributed by atoms with E-state index in [1.807, 2.05) is 30.3 Å². The highest BCUT2D eigenvalue weighted by Crippen LogP contribution is 2.18. The number of nitrogens with one attached hydrogen (secondary N) is 1. The quantitative estimate of drug-likeness (QED) is 0.675. The predicted molar refractivity (Wildman–Crippen MR) is 111 cm³/mol. The SMILES string of the molecule is COc1cccc(CN2CCC[C@@H](NC(=O)c3cc4ccccc4oc3=O)C2)c1. The largest absolute Gasteiger partial charge is 0.497 e. The molecular formula is C23H24N2O4. The van der Waals surface area contributed by atoms with E-state index in [0.29, 0.717) is 5.58 Å². The van der Waals surface area contributed by atoms with Crippen LogP contribution in [-0.2, 0) is 6.54 Å². The van der Waals surface area contributed by atoms with E-state index < -0.39 is 5.63 Å². The smallest absolute Gasteiger partial charge is 0.349 e. The minimum Gasteiger partial charge on any atom is -0.497 e. The van der Waals surface area contributed by atoms with Crippen LogP contribution in [0.3, 0.4) is 0 Å². The van der Waals surface area contributed by atoms with Gasteiger partial charge < -0.3 is 14.5 Å². The van der Waals surface area contributed by atoms with Crippen molar-refractivity contribution in [2.75, 3.05) is 20.2 Å². The van der Waals surface area contributed by atoms with E-state index in [4.69, 9.17) is 9.15 Å². The molecule has 4 rings (SSSR count). The van der Waals surface area contributed by atoms with E-state index in [2.05, 4.69) is 16.3 Å². The summed E-state index contributed by atoms with van der Waals surface area (Å²) in [6, 6.07) is 16.8. The summed E-state index contributed by atoms with van der Waals surface area (Å²) in [6.07, 6.45) is 1.88. The van der Waals surface area contributed by atoms with Gasteiger partial charge in [0.1, 0.15) is 16.9 Å². The Morgan fingerprint density at radius 3 is 2.93 bits per heavy atom. The molecule has 0 radical (unpaired) electrons. The second-order valence-electron chi connectivity index (χ2n) is 7.38. The van der Waals surface area contributed by atoms with Gasteiger partial charge in [0.2, 0.25) is 0 Å². The van der Waals surface area contributed by atoms with Gasteiger partial charge in [-0.05, 0) is 49.2 Å². The Bertz CT molecular complexity index is 1080. The molecule has 0 unspecified atom stereocenters. The van der Waals surface area contributed by atoms with Crippen LogP contribution >= 0.6 is 0 Å².